The minimum Gasteiger partial charge on any atom is -0.458 e. The van der Waals surface area contributed by atoms with Gasteiger partial charge in [-0.1, -0.05) is 65.3 Å². The molecule has 0 spiro atoms. The van der Waals surface area contributed by atoms with Gasteiger partial charge in [0.15, 0.2) is 0 Å². The number of fused-ring (bicyclic) bond motifs is 1. The van der Waals surface area contributed by atoms with Gasteiger partial charge in [-0.3, -0.25) is 4.79 Å². The Balaban J connectivity index is 1.38. The predicted octanol–water partition coefficient (Wildman–Crippen LogP) is 7.55. The molecule has 2 heterocycles. The molecule has 0 saturated carbocycles. The minimum absolute atomic E-state index is 0.0961. The SMILES string of the molecule is Cc1ccc(C(NC(=O)Cc2ccc3oc(C(OCC(=O)OC(C)(C)C)c4c(C)noc4C)cc3c2)c2ccccc2)c(C)c1. The number of nitrogens with one attached hydrogen (secondary N) is 1. The topological polar surface area (TPSA) is 104 Å². The maximum absolute atomic E-state index is 13.5. The van der Waals surface area contributed by atoms with Gasteiger partial charge in [0.25, 0.3) is 0 Å². The fraction of sp³-hybridized carbons (Fsp3) is 0.324. The summed E-state index contributed by atoms with van der Waals surface area (Å²) in [6.45, 7) is 12.9. The van der Waals surface area contributed by atoms with Crippen LogP contribution in [-0.4, -0.2) is 29.2 Å². The van der Waals surface area contributed by atoms with Crippen LogP contribution in [0.4, 0.5) is 0 Å². The van der Waals surface area contributed by atoms with Gasteiger partial charge in [-0.05, 0) is 88.9 Å². The monoisotopic (exact) mass is 608 g/mol. The third kappa shape index (κ3) is 7.70. The van der Waals surface area contributed by atoms with Gasteiger partial charge >= 0.3 is 5.97 Å². The Bertz CT molecular complexity index is 1790. The maximum Gasteiger partial charge on any atom is 0.332 e. The Kier molecular flexibility index (Phi) is 9.25. The fourth-order valence-corrected chi connectivity index (χ4v) is 5.58. The molecule has 8 heteroatoms. The van der Waals surface area contributed by atoms with Crippen LogP contribution >= 0.6 is 0 Å². The molecule has 3 aromatic carbocycles. The van der Waals surface area contributed by atoms with E-state index < -0.39 is 17.7 Å². The predicted molar refractivity (Wildman–Crippen MR) is 172 cm³/mol. The molecule has 0 aliphatic rings. The summed E-state index contributed by atoms with van der Waals surface area (Å²) in [6, 6.07) is 23.5. The van der Waals surface area contributed by atoms with Crippen molar-refractivity contribution in [1.82, 2.24) is 10.5 Å². The van der Waals surface area contributed by atoms with Crippen LogP contribution in [-0.2, 0) is 25.5 Å². The van der Waals surface area contributed by atoms with Crippen molar-refractivity contribution in [1.29, 1.82) is 0 Å². The molecule has 2 atom stereocenters. The Morgan fingerprint density at radius 3 is 2.36 bits per heavy atom. The van der Waals surface area contributed by atoms with Gasteiger partial charge in [-0.25, -0.2) is 4.79 Å². The van der Waals surface area contributed by atoms with Crippen molar-refractivity contribution in [3.05, 3.63) is 123 Å². The molecule has 234 valence electrons. The van der Waals surface area contributed by atoms with Gasteiger partial charge in [0.05, 0.1) is 23.7 Å². The molecule has 2 unspecified atom stereocenters. The molecule has 5 rings (SSSR count). The van der Waals surface area contributed by atoms with Crippen molar-refractivity contribution < 1.29 is 28.0 Å². The van der Waals surface area contributed by atoms with Gasteiger partial charge in [0.1, 0.15) is 35.4 Å². The summed E-state index contributed by atoms with van der Waals surface area (Å²) in [5.41, 5.74) is 6.53. The van der Waals surface area contributed by atoms with Crippen LogP contribution in [0.15, 0.2) is 81.7 Å². The zero-order valence-electron chi connectivity index (χ0n) is 26.9. The van der Waals surface area contributed by atoms with Crippen LogP contribution in [0.5, 0.6) is 0 Å². The second-order valence-corrected chi connectivity index (χ2v) is 12.5. The smallest absolute Gasteiger partial charge is 0.332 e. The first-order valence-electron chi connectivity index (χ1n) is 15.1. The largest absolute Gasteiger partial charge is 0.458 e. The third-order valence-corrected chi connectivity index (χ3v) is 7.54. The zero-order chi connectivity index (χ0) is 32.3. The number of carbonyl (C=O) groups is 2. The second kappa shape index (κ2) is 13.1. The summed E-state index contributed by atoms with van der Waals surface area (Å²) in [7, 11) is 0. The first-order valence-corrected chi connectivity index (χ1v) is 15.1. The fourth-order valence-electron chi connectivity index (χ4n) is 5.58. The van der Waals surface area contributed by atoms with Crippen molar-refractivity contribution in [3.63, 3.8) is 0 Å². The number of carbonyl (C=O) groups excluding carboxylic acids is 2. The molecule has 0 aliphatic heterocycles. The lowest BCUT2D eigenvalue weighted by Gasteiger charge is -2.22. The first kappa shape index (κ1) is 31.7. The van der Waals surface area contributed by atoms with Crippen LogP contribution in [0.3, 0.4) is 0 Å². The van der Waals surface area contributed by atoms with Crippen LogP contribution < -0.4 is 5.32 Å². The average Bonchev–Trinajstić information content (AvgIpc) is 3.54. The third-order valence-electron chi connectivity index (χ3n) is 7.54. The molecule has 0 aliphatic carbocycles. The number of benzene rings is 3. The summed E-state index contributed by atoms with van der Waals surface area (Å²) in [6.07, 6.45) is -0.556. The van der Waals surface area contributed by atoms with E-state index in [1.807, 2.05) is 61.5 Å². The average molecular weight is 609 g/mol. The molecule has 0 bridgehead atoms. The van der Waals surface area contributed by atoms with E-state index in [1.54, 1.807) is 27.7 Å². The van der Waals surface area contributed by atoms with E-state index in [4.69, 9.17) is 18.4 Å². The highest BCUT2D eigenvalue weighted by Gasteiger charge is 2.28. The summed E-state index contributed by atoms with van der Waals surface area (Å²) in [4.78, 5) is 25.9. The van der Waals surface area contributed by atoms with E-state index in [0.29, 0.717) is 28.4 Å². The van der Waals surface area contributed by atoms with Crippen LogP contribution in [0, 0.1) is 27.7 Å². The number of rotatable bonds is 10. The Morgan fingerprint density at radius 1 is 0.933 bits per heavy atom. The molecule has 0 saturated heterocycles. The summed E-state index contributed by atoms with van der Waals surface area (Å²) >= 11 is 0. The maximum atomic E-state index is 13.5. The van der Waals surface area contributed by atoms with Crippen molar-refractivity contribution in [2.24, 2.45) is 0 Å². The van der Waals surface area contributed by atoms with Crippen molar-refractivity contribution in [3.8, 4) is 0 Å². The summed E-state index contributed by atoms with van der Waals surface area (Å²) in [5, 5.41) is 8.14. The lowest BCUT2D eigenvalue weighted by molar-refractivity contribution is -0.161. The molecular formula is C37H40N2O6. The van der Waals surface area contributed by atoms with Crippen LogP contribution in [0.2, 0.25) is 0 Å². The number of ether oxygens (including phenoxy) is 2. The van der Waals surface area contributed by atoms with Crippen molar-refractivity contribution >= 4 is 22.8 Å². The van der Waals surface area contributed by atoms with Gasteiger partial charge in [-0.15, -0.1) is 0 Å². The number of furan rings is 1. The zero-order valence-corrected chi connectivity index (χ0v) is 26.9. The quantitative estimate of drug-likeness (QED) is 0.163. The Hall–Kier alpha value is -4.69. The molecule has 1 amide bonds. The van der Waals surface area contributed by atoms with E-state index in [-0.39, 0.29) is 25.0 Å². The number of esters is 1. The lowest BCUT2D eigenvalue weighted by atomic mass is 9.93. The van der Waals surface area contributed by atoms with Gasteiger partial charge in [-0.2, -0.15) is 0 Å². The molecule has 2 aromatic heterocycles. The second-order valence-electron chi connectivity index (χ2n) is 12.5. The highest BCUT2D eigenvalue weighted by molar-refractivity contribution is 5.83. The number of aromatic nitrogens is 1. The van der Waals surface area contributed by atoms with Gasteiger partial charge < -0.3 is 23.7 Å². The number of nitrogens with zero attached hydrogens (tertiary/aromatic N) is 1. The van der Waals surface area contributed by atoms with E-state index in [9.17, 15) is 9.59 Å². The number of hydrogen-bond donors (Lipinski definition) is 1. The summed E-state index contributed by atoms with van der Waals surface area (Å²) < 4.78 is 23.1. The molecule has 5 aromatic rings. The van der Waals surface area contributed by atoms with Gasteiger partial charge in [0.2, 0.25) is 5.91 Å². The normalized spacial score (nSPS) is 13.0. The van der Waals surface area contributed by atoms with Crippen LogP contribution in [0.25, 0.3) is 11.0 Å². The Morgan fingerprint density at radius 2 is 1.69 bits per heavy atom. The number of amides is 1. The van der Waals surface area contributed by atoms with E-state index in [2.05, 4.69) is 42.5 Å². The lowest BCUT2D eigenvalue weighted by Crippen LogP contribution is -2.31. The first-order chi connectivity index (χ1) is 21.4. The van der Waals surface area contributed by atoms with Crippen molar-refractivity contribution in [2.75, 3.05) is 6.61 Å². The van der Waals surface area contributed by atoms with Crippen molar-refractivity contribution in [2.45, 2.75) is 72.6 Å². The van der Waals surface area contributed by atoms with E-state index >= 15 is 0 Å². The number of hydrogen-bond acceptors (Lipinski definition) is 7. The van der Waals surface area contributed by atoms with E-state index in [0.717, 1.165) is 27.6 Å². The minimum atomic E-state index is -0.743. The molecule has 0 fully saturated rings. The van der Waals surface area contributed by atoms with Gasteiger partial charge in [0, 0.05) is 5.39 Å². The molecule has 1 N–H and O–H groups in total. The van der Waals surface area contributed by atoms with E-state index in [1.165, 1.54) is 5.56 Å². The molecule has 0 radical (unpaired) electrons. The number of aryl methyl sites for hydroxylation is 4. The standard InChI is InChI=1S/C37H40N2O6/c1-22-13-15-29(23(2)17-22)35(27-11-9-8-10-12-27)38-32(40)19-26-14-16-30-28(18-26)20-31(43-30)36(34-24(3)39-45-25(34)4)42-21-33(41)44-37(5,6)7/h8-18,20,35-36H,19,21H2,1-7H3,(H,38,40). The Labute approximate surface area is 263 Å². The molecule has 8 nitrogen and oxygen atoms in total. The summed E-state index contributed by atoms with van der Waals surface area (Å²) in [5.74, 6) is 0.472. The molecular weight excluding hydrogens is 568 g/mol. The highest BCUT2D eigenvalue weighted by atomic mass is 16.6. The van der Waals surface area contributed by atoms with Crippen LogP contribution in [0.1, 0.15) is 83.5 Å². The highest BCUT2D eigenvalue weighted by Crippen LogP contribution is 2.35. The molecule has 45 heavy (non-hydrogen) atoms.